The molecule has 1 rings (SSSR count). The van der Waals surface area contributed by atoms with Crippen molar-refractivity contribution in [1.82, 2.24) is 0 Å². The van der Waals surface area contributed by atoms with E-state index in [1.165, 1.54) is 12.1 Å². The van der Waals surface area contributed by atoms with Crippen molar-refractivity contribution >= 4 is 11.6 Å². The molecule has 2 N–H and O–H groups in total. The van der Waals surface area contributed by atoms with Crippen LogP contribution in [0.1, 0.15) is 30.5 Å². The normalized spacial score (nSPS) is 13.5. The third-order valence-electron chi connectivity index (χ3n) is 2.29. The van der Waals surface area contributed by atoms with Gasteiger partial charge in [-0.3, -0.25) is 0 Å². The summed E-state index contributed by atoms with van der Waals surface area (Å²) in [4.78, 5) is 0. The Hall–Kier alpha value is -1.00. The minimum absolute atomic E-state index is 0.316. The summed E-state index contributed by atoms with van der Waals surface area (Å²) >= 11 is 5.51. The molecule has 0 unspecified atom stereocenters. The number of hydrogen-bond acceptors (Lipinski definition) is 1. The first-order valence-corrected chi connectivity index (χ1v) is 5.36. The van der Waals surface area contributed by atoms with Crippen LogP contribution in [0.4, 0.5) is 13.2 Å². The molecule has 0 aliphatic heterocycles. The zero-order valence-electron chi connectivity index (χ0n) is 9.31. The molecule has 0 aliphatic rings. The second-order valence-electron chi connectivity index (χ2n) is 4.00. The van der Waals surface area contributed by atoms with Crippen LogP contribution in [0.2, 0.25) is 5.02 Å². The van der Waals surface area contributed by atoms with Crippen LogP contribution in [0.15, 0.2) is 30.4 Å². The van der Waals surface area contributed by atoms with Crippen molar-refractivity contribution < 1.29 is 13.2 Å². The fraction of sp³-hybridized carbons (Fsp3) is 0.333. The van der Waals surface area contributed by atoms with Gasteiger partial charge in [-0.2, -0.15) is 13.2 Å². The van der Waals surface area contributed by atoms with E-state index in [1.54, 1.807) is 6.92 Å². The van der Waals surface area contributed by atoms with Gasteiger partial charge < -0.3 is 5.73 Å². The van der Waals surface area contributed by atoms with Crippen molar-refractivity contribution in [2.75, 3.05) is 0 Å². The van der Waals surface area contributed by atoms with Gasteiger partial charge in [0.05, 0.1) is 10.6 Å². The molecule has 0 aromatic heterocycles. The molecule has 0 heterocycles. The van der Waals surface area contributed by atoms with Crippen molar-refractivity contribution in [2.24, 2.45) is 5.73 Å². The minimum Gasteiger partial charge on any atom is -0.324 e. The van der Waals surface area contributed by atoms with E-state index in [4.69, 9.17) is 17.3 Å². The first-order valence-electron chi connectivity index (χ1n) is 4.98. The average Bonchev–Trinajstić information content (AvgIpc) is 2.15. The Bertz CT molecular complexity index is 426. The third kappa shape index (κ3) is 3.75. The maximum absolute atomic E-state index is 12.6. The standard InChI is InChI=1S/C12H13ClF3N/c1-7(2)5-11(17)8-3-4-10(13)9(6-8)12(14,15)16/h3-4,6,11H,1,5,17H2,2H3/t11-/m1/s1. The molecule has 5 heteroatoms. The molecule has 1 nitrogen and oxygen atoms in total. The second-order valence-corrected chi connectivity index (χ2v) is 4.41. The summed E-state index contributed by atoms with van der Waals surface area (Å²) < 4.78 is 37.8. The van der Waals surface area contributed by atoms with Crippen molar-refractivity contribution in [2.45, 2.75) is 25.6 Å². The lowest BCUT2D eigenvalue weighted by atomic mass is 9.99. The van der Waals surface area contributed by atoms with Crippen molar-refractivity contribution in [1.29, 1.82) is 0 Å². The fourth-order valence-corrected chi connectivity index (χ4v) is 1.71. The van der Waals surface area contributed by atoms with E-state index in [9.17, 15) is 13.2 Å². The van der Waals surface area contributed by atoms with E-state index < -0.39 is 17.8 Å². The van der Waals surface area contributed by atoms with Gasteiger partial charge in [0, 0.05) is 6.04 Å². The number of benzene rings is 1. The SMILES string of the molecule is C=C(C)C[C@@H](N)c1ccc(Cl)c(C(F)(F)F)c1. The Labute approximate surface area is 103 Å². The monoisotopic (exact) mass is 263 g/mol. The van der Waals surface area contributed by atoms with Gasteiger partial charge in [0.1, 0.15) is 0 Å². The highest BCUT2D eigenvalue weighted by Gasteiger charge is 2.33. The van der Waals surface area contributed by atoms with Crippen molar-refractivity contribution in [3.8, 4) is 0 Å². The van der Waals surface area contributed by atoms with Gasteiger partial charge in [-0.05, 0) is 31.0 Å². The number of halogens is 4. The maximum atomic E-state index is 12.6. The first kappa shape index (κ1) is 14.1. The molecule has 0 amide bonds. The molecule has 1 aromatic rings. The van der Waals surface area contributed by atoms with Crippen LogP contribution in [-0.4, -0.2) is 0 Å². The van der Waals surface area contributed by atoms with Crippen LogP contribution in [0.5, 0.6) is 0 Å². The third-order valence-corrected chi connectivity index (χ3v) is 2.62. The molecular formula is C12H13ClF3N. The van der Waals surface area contributed by atoms with Gasteiger partial charge in [-0.15, -0.1) is 6.58 Å². The van der Waals surface area contributed by atoms with Crippen molar-refractivity contribution in [3.05, 3.63) is 46.5 Å². The molecule has 0 bridgehead atoms. The van der Waals surface area contributed by atoms with Gasteiger partial charge in [0.25, 0.3) is 0 Å². The number of alkyl halides is 3. The molecule has 0 saturated heterocycles. The molecule has 0 saturated carbocycles. The van der Waals surface area contributed by atoms with Gasteiger partial charge in [0.15, 0.2) is 0 Å². The Morgan fingerprint density at radius 3 is 2.53 bits per heavy atom. The Kier molecular flexibility index (Phi) is 4.22. The van der Waals surface area contributed by atoms with Crippen LogP contribution < -0.4 is 5.73 Å². The van der Waals surface area contributed by atoms with E-state index in [0.29, 0.717) is 12.0 Å². The van der Waals surface area contributed by atoms with Gasteiger partial charge in [-0.25, -0.2) is 0 Å². The zero-order valence-corrected chi connectivity index (χ0v) is 10.1. The lowest BCUT2D eigenvalue weighted by molar-refractivity contribution is -0.137. The van der Waals surface area contributed by atoms with Gasteiger partial charge >= 0.3 is 6.18 Å². The van der Waals surface area contributed by atoms with E-state index >= 15 is 0 Å². The smallest absolute Gasteiger partial charge is 0.324 e. The topological polar surface area (TPSA) is 26.0 Å². The fourth-order valence-electron chi connectivity index (χ4n) is 1.48. The van der Waals surface area contributed by atoms with E-state index in [0.717, 1.165) is 11.6 Å². The van der Waals surface area contributed by atoms with E-state index in [2.05, 4.69) is 6.58 Å². The van der Waals surface area contributed by atoms with Gasteiger partial charge in [0.2, 0.25) is 0 Å². The predicted octanol–water partition coefficient (Wildman–Crippen LogP) is 4.32. The average molecular weight is 264 g/mol. The summed E-state index contributed by atoms with van der Waals surface area (Å²) in [6.45, 7) is 5.46. The lowest BCUT2D eigenvalue weighted by Gasteiger charge is -2.15. The first-order chi connectivity index (χ1) is 7.71. The summed E-state index contributed by atoms with van der Waals surface area (Å²) in [7, 11) is 0. The van der Waals surface area contributed by atoms with Crippen LogP contribution >= 0.6 is 11.6 Å². The van der Waals surface area contributed by atoms with E-state index in [1.807, 2.05) is 0 Å². The molecule has 1 atom stereocenters. The molecule has 1 aromatic carbocycles. The predicted molar refractivity (Wildman–Crippen MR) is 62.8 cm³/mol. The lowest BCUT2D eigenvalue weighted by Crippen LogP contribution is -2.13. The number of nitrogens with two attached hydrogens (primary N) is 1. The van der Waals surface area contributed by atoms with Crippen LogP contribution in [0.3, 0.4) is 0 Å². The van der Waals surface area contributed by atoms with Crippen molar-refractivity contribution in [3.63, 3.8) is 0 Å². The number of hydrogen-bond donors (Lipinski definition) is 1. The summed E-state index contributed by atoms with van der Waals surface area (Å²) in [5.41, 5.74) is 6.16. The summed E-state index contributed by atoms with van der Waals surface area (Å²) in [6.07, 6.45) is -4.02. The number of rotatable bonds is 3. The zero-order chi connectivity index (χ0) is 13.2. The molecule has 0 radical (unpaired) electrons. The molecule has 17 heavy (non-hydrogen) atoms. The van der Waals surface area contributed by atoms with Gasteiger partial charge in [-0.1, -0.05) is 23.2 Å². The maximum Gasteiger partial charge on any atom is 0.417 e. The molecule has 0 aliphatic carbocycles. The van der Waals surface area contributed by atoms with Crippen LogP contribution in [0.25, 0.3) is 0 Å². The quantitative estimate of drug-likeness (QED) is 0.808. The van der Waals surface area contributed by atoms with Crippen LogP contribution in [-0.2, 0) is 6.18 Å². The second kappa shape index (κ2) is 5.10. The molecular weight excluding hydrogens is 251 g/mol. The minimum atomic E-state index is -4.46. The summed E-state index contributed by atoms with van der Waals surface area (Å²) in [5.74, 6) is 0. The largest absolute Gasteiger partial charge is 0.417 e. The highest BCUT2D eigenvalue weighted by molar-refractivity contribution is 6.31. The Balaban J connectivity index is 3.08. The summed E-state index contributed by atoms with van der Waals surface area (Å²) in [6, 6.07) is 3.23. The summed E-state index contributed by atoms with van der Waals surface area (Å²) in [5, 5.41) is -0.316. The molecule has 94 valence electrons. The Morgan fingerprint density at radius 2 is 2.06 bits per heavy atom. The van der Waals surface area contributed by atoms with Crippen LogP contribution in [0, 0.1) is 0 Å². The molecule has 0 fully saturated rings. The Morgan fingerprint density at radius 1 is 1.47 bits per heavy atom. The van der Waals surface area contributed by atoms with E-state index in [-0.39, 0.29) is 5.02 Å². The molecule has 0 spiro atoms. The highest BCUT2D eigenvalue weighted by atomic mass is 35.5. The highest BCUT2D eigenvalue weighted by Crippen LogP contribution is 2.36.